The standard InChI is InChI=1S/C12H11Br2NOS/c1-16-9-5-3-2-4-7(9)11(15)10-6-8(13)12(14)17-10/h2-6,11H,15H2,1H3. The third-order valence-corrected chi connectivity index (χ3v) is 5.78. The molecule has 0 fully saturated rings. The van der Waals surface area contributed by atoms with Gasteiger partial charge in [0.1, 0.15) is 5.75 Å². The Hall–Kier alpha value is -0.360. The van der Waals surface area contributed by atoms with Gasteiger partial charge in [-0.25, -0.2) is 0 Å². The van der Waals surface area contributed by atoms with E-state index in [2.05, 4.69) is 31.9 Å². The van der Waals surface area contributed by atoms with Crippen molar-refractivity contribution in [2.45, 2.75) is 6.04 Å². The van der Waals surface area contributed by atoms with Crippen LogP contribution in [0.4, 0.5) is 0 Å². The molecular formula is C12H11Br2NOS. The topological polar surface area (TPSA) is 35.2 Å². The van der Waals surface area contributed by atoms with Crippen molar-refractivity contribution in [3.8, 4) is 5.75 Å². The van der Waals surface area contributed by atoms with Gasteiger partial charge in [0.2, 0.25) is 0 Å². The molecule has 1 aromatic heterocycles. The van der Waals surface area contributed by atoms with Crippen molar-refractivity contribution in [1.82, 2.24) is 0 Å². The molecule has 17 heavy (non-hydrogen) atoms. The summed E-state index contributed by atoms with van der Waals surface area (Å²) in [6, 6.07) is 9.69. The summed E-state index contributed by atoms with van der Waals surface area (Å²) in [7, 11) is 1.66. The van der Waals surface area contributed by atoms with Gasteiger partial charge in [-0.05, 0) is 44.0 Å². The first kappa shape index (κ1) is 13.1. The number of hydrogen-bond donors (Lipinski definition) is 1. The lowest BCUT2D eigenvalue weighted by atomic mass is 10.1. The average Bonchev–Trinajstić information content (AvgIpc) is 2.68. The third kappa shape index (κ3) is 2.73. The van der Waals surface area contributed by atoms with Gasteiger partial charge in [0, 0.05) is 14.9 Å². The fourth-order valence-corrected chi connectivity index (χ4v) is 3.70. The van der Waals surface area contributed by atoms with E-state index in [4.69, 9.17) is 10.5 Å². The van der Waals surface area contributed by atoms with Crippen molar-refractivity contribution in [3.63, 3.8) is 0 Å². The minimum atomic E-state index is -0.168. The van der Waals surface area contributed by atoms with E-state index in [1.807, 2.05) is 30.3 Å². The van der Waals surface area contributed by atoms with Crippen molar-refractivity contribution in [2.75, 3.05) is 7.11 Å². The van der Waals surface area contributed by atoms with E-state index in [1.165, 1.54) is 0 Å². The summed E-state index contributed by atoms with van der Waals surface area (Å²) in [5, 5.41) is 0. The molecule has 5 heteroatoms. The molecular weight excluding hydrogens is 366 g/mol. The van der Waals surface area contributed by atoms with E-state index >= 15 is 0 Å². The molecule has 90 valence electrons. The van der Waals surface area contributed by atoms with Crippen LogP contribution in [0.3, 0.4) is 0 Å². The van der Waals surface area contributed by atoms with Crippen molar-refractivity contribution in [2.24, 2.45) is 5.73 Å². The van der Waals surface area contributed by atoms with Crippen molar-refractivity contribution in [1.29, 1.82) is 0 Å². The second kappa shape index (κ2) is 5.52. The summed E-state index contributed by atoms with van der Waals surface area (Å²) in [6.45, 7) is 0. The molecule has 0 aliphatic rings. The minimum absolute atomic E-state index is 0.168. The SMILES string of the molecule is COc1ccccc1C(N)c1cc(Br)c(Br)s1. The molecule has 0 bridgehead atoms. The second-order valence-corrected chi connectivity index (χ2v) is 6.75. The van der Waals surface area contributed by atoms with Gasteiger partial charge in [-0.1, -0.05) is 18.2 Å². The zero-order valence-electron chi connectivity index (χ0n) is 9.11. The number of nitrogens with two attached hydrogens (primary N) is 1. The Morgan fingerprint density at radius 2 is 2.00 bits per heavy atom. The van der Waals surface area contributed by atoms with Crippen molar-refractivity contribution < 1.29 is 4.74 Å². The second-order valence-electron chi connectivity index (χ2n) is 3.49. The molecule has 1 unspecified atom stereocenters. The molecule has 0 amide bonds. The fourth-order valence-electron chi connectivity index (χ4n) is 1.59. The number of hydrogen-bond acceptors (Lipinski definition) is 3. The molecule has 2 nitrogen and oxygen atoms in total. The van der Waals surface area contributed by atoms with Gasteiger partial charge in [-0.3, -0.25) is 0 Å². The lowest BCUT2D eigenvalue weighted by Crippen LogP contribution is -2.11. The van der Waals surface area contributed by atoms with E-state index in [1.54, 1.807) is 18.4 Å². The molecule has 0 radical (unpaired) electrons. The zero-order valence-corrected chi connectivity index (χ0v) is 13.1. The molecule has 0 aliphatic heterocycles. The average molecular weight is 377 g/mol. The Morgan fingerprint density at radius 1 is 1.29 bits per heavy atom. The smallest absolute Gasteiger partial charge is 0.124 e. The van der Waals surface area contributed by atoms with Crippen LogP contribution in [0.2, 0.25) is 0 Å². The minimum Gasteiger partial charge on any atom is -0.496 e. The van der Waals surface area contributed by atoms with Gasteiger partial charge in [0.05, 0.1) is 16.9 Å². The predicted molar refractivity (Wildman–Crippen MR) is 78.7 cm³/mol. The number of methoxy groups -OCH3 is 1. The van der Waals surface area contributed by atoms with Crippen LogP contribution >= 0.6 is 43.2 Å². The van der Waals surface area contributed by atoms with Crippen molar-refractivity contribution in [3.05, 3.63) is 49.0 Å². The van der Waals surface area contributed by atoms with Gasteiger partial charge in [0.15, 0.2) is 0 Å². The molecule has 0 spiro atoms. The van der Waals surface area contributed by atoms with Gasteiger partial charge in [-0.2, -0.15) is 0 Å². The summed E-state index contributed by atoms with van der Waals surface area (Å²) in [5.74, 6) is 0.820. The fraction of sp³-hybridized carbons (Fsp3) is 0.167. The van der Waals surface area contributed by atoms with Gasteiger partial charge in [0.25, 0.3) is 0 Å². The summed E-state index contributed by atoms with van der Waals surface area (Å²) in [5.41, 5.74) is 7.26. The Kier molecular flexibility index (Phi) is 4.25. The summed E-state index contributed by atoms with van der Waals surface area (Å²) in [6.07, 6.45) is 0. The van der Waals surface area contributed by atoms with Crippen molar-refractivity contribution >= 4 is 43.2 Å². The van der Waals surface area contributed by atoms with Crippen LogP contribution in [-0.4, -0.2) is 7.11 Å². The van der Waals surface area contributed by atoms with Gasteiger partial charge >= 0.3 is 0 Å². The highest BCUT2D eigenvalue weighted by molar-refractivity contribution is 9.13. The highest BCUT2D eigenvalue weighted by Gasteiger charge is 2.16. The lowest BCUT2D eigenvalue weighted by molar-refractivity contribution is 0.408. The first-order valence-electron chi connectivity index (χ1n) is 4.96. The van der Waals surface area contributed by atoms with Crippen LogP contribution in [0.25, 0.3) is 0 Å². The van der Waals surface area contributed by atoms with Gasteiger partial charge in [-0.15, -0.1) is 11.3 Å². The molecule has 0 saturated carbocycles. The largest absolute Gasteiger partial charge is 0.496 e. The number of halogens is 2. The Morgan fingerprint density at radius 3 is 2.59 bits per heavy atom. The number of benzene rings is 1. The van der Waals surface area contributed by atoms with Crippen LogP contribution in [0.5, 0.6) is 5.75 Å². The summed E-state index contributed by atoms with van der Waals surface area (Å²) < 4.78 is 7.41. The maximum absolute atomic E-state index is 6.26. The van der Waals surface area contributed by atoms with E-state index in [0.29, 0.717) is 0 Å². The third-order valence-electron chi connectivity index (χ3n) is 2.44. The molecule has 2 rings (SSSR count). The molecule has 1 aromatic carbocycles. The molecule has 0 aliphatic carbocycles. The van der Waals surface area contributed by atoms with Gasteiger partial charge < -0.3 is 10.5 Å². The summed E-state index contributed by atoms with van der Waals surface area (Å²) >= 11 is 8.57. The molecule has 2 N–H and O–H groups in total. The maximum Gasteiger partial charge on any atom is 0.124 e. The zero-order chi connectivity index (χ0) is 12.4. The number of para-hydroxylation sites is 1. The molecule has 1 heterocycles. The van der Waals surface area contributed by atoms with E-state index in [0.717, 1.165) is 24.4 Å². The monoisotopic (exact) mass is 375 g/mol. The highest BCUT2D eigenvalue weighted by atomic mass is 79.9. The Balaban J connectivity index is 2.39. The predicted octanol–water partition coefficient (Wildman–Crippen LogP) is 4.33. The molecule has 1 atom stereocenters. The van der Waals surface area contributed by atoms with Crippen LogP contribution in [0.1, 0.15) is 16.5 Å². The Labute approximate surface area is 121 Å². The summed E-state index contributed by atoms with van der Waals surface area (Å²) in [4.78, 5) is 1.09. The number of rotatable bonds is 3. The Bertz CT molecular complexity index is 507. The highest BCUT2D eigenvalue weighted by Crippen LogP contribution is 2.38. The number of thiophene rings is 1. The van der Waals surface area contributed by atoms with Crippen LogP contribution in [0.15, 0.2) is 38.6 Å². The molecule has 2 aromatic rings. The van der Waals surface area contributed by atoms with E-state index in [-0.39, 0.29) is 6.04 Å². The maximum atomic E-state index is 6.26. The number of ether oxygens (including phenoxy) is 1. The van der Waals surface area contributed by atoms with Crippen LogP contribution in [-0.2, 0) is 0 Å². The quantitative estimate of drug-likeness (QED) is 0.865. The normalized spacial score (nSPS) is 12.5. The van der Waals surface area contributed by atoms with E-state index in [9.17, 15) is 0 Å². The van der Waals surface area contributed by atoms with Crippen LogP contribution < -0.4 is 10.5 Å². The van der Waals surface area contributed by atoms with Crippen LogP contribution in [0, 0.1) is 0 Å². The lowest BCUT2D eigenvalue weighted by Gasteiger charge is -2.13. The molecule has 0 saturated heterocycles. The first-order valence-corrected chi connectivity index (χ1v) is 7.37. The first-order chi connectivity index (χ1) is 8.13. The van der Waals surface area contributed by atoms with E-state index < -0.39 is 0 Å².